The molecule has 2 N–H and O–H groups in total. The molecule has 102 valence electrons. The van der Waals surface area contributed by atoms with E-state index in [2.05, 4.69) is 24.5 Å². The summed E-state index contributed by atoms with van der Waals surface area (Å²) < 4.78 is 0. The van der Waals surface area contributed by atoms with Crippen LogP contribution in [0.2, 0.25) is 10.0 Å². The van der Waals surface area contributed by atoms with Crippen molar-refractivity contribution in [3.05, 3.63) is 33.8 Å². The first-order chi connectivity index (χ1) is 8.63. The molecule has 0 aliphatic heterocycles. The Morgan fingerprint density at radius 3 is 2.61 bits per heavy atom. The van der Waals surface area contributed by atoms with Crippen molar-refractivity contribution in [1.29, 1.82) is 0 Å². The summed E-state index contributed by atoms with van der Waals surface area (Å²) in [6.07, 6.45) is 2.10. The summed E-state index contributed by atoms with van der Waals surface area (Å²) >= 11 is 12.0. The summed E-state index contributed by atoms with van der Waals surface area (Å²) in [7, 11) is 0. The van der Waals surface area contributed by atoms with Crippen LogP contribution < -0.4 is 10.6 Å². The Labute approximate surface area is 120 Å². The number of hydrogen-bond acceptors (Lipinski definition) is 2. The molecule has 0 aromatic heterocycles. The zero-order chi connectivity index (χ0) is 13.4. The second-order valence-electron chi connectivity index (χ2n) is 4.50. The molecule has 0 aliphatic carbocycles. The molecule has 0 spiro atoms. The predicted molar refractivity (Wildman–Crippen MR) is 80.8 cm³/mol. The van der Waals surface area contributed by atoms with Crippen LogP contribution in [-0.4, -0.2) is 25.7 Å². The molecule has 0 saturated carbocycles. The number of hydrogen-bond donors (Lipinski definition) is 2. The molecule has 1 aromatic rings. The van der Waals surface area contributed by atoms with Crippen LogP contribution in [0, 0.1) is 0 Å². The third-order valence-electron chi connectivity index (χ3n) is 2.99. The smallest absolute Gasteiger partial charge is 0.0453 e. The Morgan fingerprint density at radius 1 is 1.17 bits per heavy atom. The lowest BCUT2D eigenvalue weighted by Gasteiger charge is -2.11. The standard InChI is InChI=1S/C14H22Cl2N2/c1-3-11(2)18-9-8-17-7-6-12-4-5-13(15)10-14(12)16/h4-5,10-11,17-18H,3,6-9H2,1-2H3. The Hall–Kier alpha value is -0.280. The van der Waals surface area contributed by atoms with Gasteiger partial charge in [0.05, 0.1) is 0 Å². The van der Waals surface area contributed by atoms with Gasteiger partial charge in [-0.25, -0.2) is 0 Å². The van der Waals surface area contributed by atoms with Crippen molar-refractivity contribution in [3.8, 4) is 0 Å². The van der Waals surface area contributed by atoms with Crippen LogP contribution in [0.5, 0.6) is 0 Å². The van der Waals surface area contributed by atoms with E-state index < -0.39 is 0 Å². The van der Waals surface area contributed by atoms with Crippen LogP contribution in [0.15, 0.2) is 18.2 Å². The summed E-state index contributed by atoms with van der Waals surface area (Å²) in [6, 6.07) is 6.26. The van der Waals surface area contributed by atoms with E-state index >= 15 is 0 Å². The van der Waals surface area contributed by atoms with Gasteiger partial charge in [0.1, 0.15) is 0 Å². The van der Waals surface area contributed by atoms with Crippen molar-refractivity contribution in [2.24, 2.45) is 0 Å². The van der Waals surface area contributed by atoms with Gasteiger partial charge in [0.2, 0.25) is 0 Å². The molecule has 0 saturated heterocycles. The van der Waals surface area contributed by atoms with Crippen LogP contribution in [0.1, 0.15) is 25.8 Å². The van der Waals surface area contributed by atoms with Crippen LogP contribution in [0.4, 0.5) is 0 Å². The molecule has 0 aliphatic rings. The fourth-order valence-electron chi connectivity index (χ4n) is 1.62. The third kappa shape index (κ3) is 6.05. The van der Waals surface area contributed by atoms with Gasteiger partial charge in [-0.3, -0.25) is 0 Å². The zero-order valence-corrected chi connectivity index (χ0v) is 12.6. The average Bonchev–Trinajstić information content (AvgIpc) is 2.35. The summed E-state index contributed by atoms with van der Waals surface area (Å²) in [6.45, 7) is 7.31. The highest BCUT2D eigenvalue weighted by molar-refractivity contribution is 6.35. The van der Waals surface area contributed by atoms with Crippen molar-refractivity contribution < 1.29 is 0 Å². The summed E-state index contributed by atoms with van der Waals surface area (Å²) in [5, 5.41) is 8.29. The maximum Gasteiger partial charge on any atom is 0.0453 e. The highest BCUT2D eigenvalue weighted by Gasteiger charge is 2.01. The molecule has 2 nitrogen and oxygen atoms in total. The fourth-order valence-corrected chi connectivity index (χ4v) is 2.13. The normalized spacial score (nSPS) is 12.7. The van der Waals surface area contributed by atoms with Gasteiger partial charge in [-0.05, 0) is 44.0 Å². The van der Waals surface area contributed by atoms with Crippen molar-refractivity contribution in [3.63, 3.8) is 0 Å². The van der Waals surface area contributed by atoms with Crippen molar-refractivity contribution in [1.82, 2.24) is 10.6 Å². The molecular weight excluding hydrogens is 267 g/mol. The van der Waals surface area contributed by atoms with Gasteiger partial charge in [-0.1, -0.05) is 36.2 Å². The van der Waals surface area contributed by atoms with Crippen molar-refractivity contribution >= 4 is 23.2 Å². The molecule has 18 heavy (non-hydrogen) atoms. The average molecular weight is 289 g/mol. The van der Waals surface area contributed by atoms with E-state index in [1.54, 1.807) is 6.07 Å². The van der Waals surface area contributed by atoms with Crippen LogP contribution in [0.25, 0.3) is 0 Å². The largest absolute Gasteiger partial charge is 0.315 e. The molecule has 0 radical (unpaired) electrons. The fraction of sp³-hybridized carbons (Fsp3) is 0.571. The second-order valence-corrected chi connectivity index (χ2v) is 5.34. The second kappa shape index (κ2) is 8.76. The first-order valence-electron chi connectivity index (χ1n) is 6.51. The molecule has 0 fully saturated rings. The molecular formula is C14H22Cl2N2. The first-order valence-corrected chi connectivity index (χ1v) is 7.27. The maximum absolute atomic E-state index is 6.11. The van der Waals surface area contributed by atoms with E-state index in [1.807, 2.05) is 12.1 Å². The summed E-state index contributed by atoms with van der Waals surface area (Å²) in [4.78, 5) is 0. The van der Waals surface area contributed by atoms with Crippen molar-refractivity contribution in [2.75, 3.05) is 19.6 Å². The molecule has 0 amide bonds. The van der Waals surface area contributed by atoms with Gasteiger partial charge in [-0.15, -0.1) is 0 Å². The third-order valence-corrected chi connectivity index (χ3v) is 3.58. The lowest BCUT2D eigenvalue weighted by molar-refractivity contribution is 0.518. The Morgan fingerprint density at radius 2 is 1.94 bits per heavy atom. The van der Waals surface area contributed by atoms with Gasteiger partial charge in [0.15, 0.2) is 0 Å². The van der Waals surface area contributed by atoms with Gasteiger partial charge in [-0.2, -0.15) is 0 Å². The molecule has 4 heteroatoms. The molecule has 0 bridgehead atoms. The topological polar surface area (TPSA) is 24.1 Å². The van der Waals surface area contributed by atoms with Gasteiger partial charge in [0.25, 0.3) is 0 Å². The van der Waals surface area contributed by atoms with E-state index in [-0.39, 0.29) is 0 Å². The van der Waals surface area contributed by atoms with Gasteiger partial charge < -0.3 is 10.6 Å². The lowest BCUT2D eigenvalue weighted by atomic mass is 10.1. The molecule has 1 unspecified atom stereocenters. The predicted octanol–water partition coefficient (Wildman–Crippen LogP) is 3.51. The minimum atomic E-state index is 0.595. The van der Waals surface area contributed by atoms with Crippen LogP contribution in [0.3, 0.4) is 0 Å². The molecule has 1 aromatic carbocycles. The number of halogens is 2. The highest BCUT2D eigenvalue weighted by atomic mass is 35.5. The van der Waals surface area contributed by atoms with Crippen LogP contribution >= 0.6 is 23.2 Å². The van der Waals surface area contributed by atoms with E-state index in [9.17, 15) is 0 Å². The monoisotopic (exact) mass is 288 g/mol. The number of benzene rings is 1. The van der Waals surface area contributed by atoms with Crippen LogP contribution in [-0.2, 0) is 6.42 Å². The zero-order valence-electron chi connectivity index (χ0n) is 11.1. The van der Waals surface area contributed by atoms with E-state index in [4.69, 9.17) is 23.2 Å². The number of nitrogens with one attached hydrogen (secondary N) is 2. The quantitative estimate of drug-likeness (QED) is 0.716. The van der Waals surface area contributed by atoms with Gasteiger partial charge in [0, 0.05) is 29.2 Å². The van der Waals surface area contributed by atoms with Crippen molar-refractivity contribution in [2.45, 2.75) is 32.7 Å². The summed E-state index contributed by atoms with van der Waals surface area (Å²) in [5.41, 5.74) is 1.14. The van der Waals surface area contributed by atoms with E-state index in [0.29, 0.717) is 11.1 Å². The minimum Gasteiger partial charge on any atom is -0.315 e. The molecule has 1 atom stereocenters. The van der Waals surface area contributed by atoms with E-state index in [1.165, 1.54) is 6.42 Å². The van der Waals surface area contributed by atoms with E-state index in [0.717, 1.165) is 36.6 Å². The summed E-state index contributed by atoms with van der Waals surface area (Å²) in [5.74, 6) is 0. The maximum atomic E-state index is 6.11. The number of rotatable bonds is 8. The Kier molecular flexibility index (Phi) is 7.68. The SMILES string of the molecule is CCC(C)NCCNCCc1ccc(Cl)cc1Cl. The molecule has 0 heterocycles. The first kappa shape index (κ1) is 15.8. The minimum absolute atomic E-state index is 0.595. The Balaban J connectivity index is 2.14. The molecule has 1 rings (SSSR count). The highest BCUT2D eigenvalue weighted by Crippen LogP contribution is 2.20. The Bertz CT molecular complexity index is 356. The lowest BCUT2D eigenvalue weighted by Crippen LogP contribution is -2.33. The van der Waals surface area contributed by atoms with Gasteiger partial charge >= 0.3 is 0 Å².